The zero-order valence-corrected chi connectivity index (χ0v) is 21.5. The summed E-state index contributed by atoms with van der Waals surface area (Å²) in [5.74, 6) is -0.988. The van der Waals surface area contributed by atoms with Gasteiger partial charge in [0.05, 0.1) is 29.3 Å². The molecule has 0 radical (unpaired) electrons. The molecule has 198 valence electrons. The predicted octanol–water partition coefficient (Wildman–Crippen LogP) is 6.33. The average molecular weight is 557 g/mol. The van der Waals surface area contributed by atoms with E-state index in [0.717, 1.165) is 6.07 Å². The molecule has 40 heavy (non-hydrogen) atoms. The van der Waals surface area contributed by atoms with Crippen molar-refractivity contribution in [3.8, 4) is 22.9 Å². The molecule has 6 rings (SSSR count). The minimum absolute atomic E-state index is 0.0659. The summed E-state index contributed by atoms with van der Waals surface area (Å²) < 4.78 is 40.9. The molecule has 0 aliphatic heterocycles. The highest BCUT2D eigenvalue weighted by Crippen LogP contribution is 2.33. The van der Waals surface area contributed by atoms with Gasteiger partial charge in [-0.2, -0.15) is 0 Å². The van der Waals surface area contributed by atoms with Crippen molar-refractivity contribution in [1.29, 1.82) is 0 Å². The molecule has 0 saturated carbocycles. The summed E-state index contributed by atoms with van der Waals surface area (Å²) in [6, 6.07) is 17.5. The van der Waals surface area contributed by atoms with Gasteiger partial charge in [-0.1, -0.05) is 0 Å². The maximum atomic E-state index is 15.1. The molecular weight excluding hydrogens is 538 g/mol. The second-order valence-corrected chi connectivity index (χ2v) is 9.44. The molecule has 0 bridgehead atoms. The van der Waals surface area contributed by atoms with Gasteiger partial charge in [0, 0.05) is 29.4 Å². The van der Waals surface area contributed by atoms with Crippen LogP contribution in [0.5, 0.6) is 17.2 Å². The fraction of sp³-hybridized carbons (Fsp3) is 0.0345. The van der Waals surface area contributed by atoms with E-state index in [4.69, 9.17) is 9.47 Å². The third kappa shape index (κ3) is 4.63. The minimum atomic E-state index is -0.752. The highest BCUT2D eigenvalue weighted by molar-refractivity contribution is 7.16. The first kappa shape index (κ1) is 25.1. The van der Waals surface area contributed by atoms with Crippen LogP contribution in [0.1, 0.15) is 10.4 Å². The van der Waals surface area contributed by atoms with E-state index in [2.05, 4.69) is 15.3 Å². The third-order valence-electron chi connectivity index (χ3n) is 6.14. The Morgan fingerprint density at radius 2 is 1.75 bits per heavy atom. The number of nitrogens with one attached hydrogen (secondary N) is 1. The maximum absolute atomic E-state index is 15.1. The number of benzene rings is 3. The van der Waals surface area contributed by atoms with Crippen molar-refractivity contribution in [3.05, 3.63) is 112 Å². The van der Waals surface area contributed by atoms with Gasteiger partial charge in [-0.15, -0.1) is 11.3 Å². The largest absolute Gasteiger partial charge is 0.497 e. The Labute approximate surface area is 229 Å². The molecule has 1 amide bonds. The normalized spacial score (nSPS) is 11.1. The van der Waals surface area contributed by atoms with Crippen molar-refractivity contribution in [2.45, 2.75) is 0 Å². The Bertz CT molecular complexity index is 1970. The lowest BCUT2D eigenvalue weighted by Gasteiger charge is -2.12. The van der Waals surface area contributed by atoms with E-state index in [1.54, 1.807) is 43.1 Å². The highest BCUT2D eigenvalue weighted by Gasteiger charge is 2.19. The van der Waals surface area contributed by atoms with Crippen LogP contribution < -0.4 is 20.3 Å². The molecule has 3 heterocycles. The summed E-state index contributed by atoms with van der Waals surface area (Å²) >= 11 is 1.21. The first-order valence-corrected chi connectivity index (χ1v) is 12.8. The van der Waals surface area contributed by atoms with Crippen LogP contribution in [0.2, 0.25) is 0 Å². The number of halogens is 2. The number of amides is 1. The monoisotopic (exact) mass is 556 g/mol. The fourth-order valence-corrected chi connectivity index (χ4v) is 5.00. The standard InChI is InChI=1S/C29H18F2N4O4S/c1-38-19-7-8-20-23(13-19)32-11-10-25(20)39-26-9-4-17(12-22(26)31)34-27(36)21-14-24-29(40-15-33-24)35(28(21)37)18-5-2-16(30)3-6-18/h2-15H,1H3,(H,34,36). The zero-order valence-electron chi connectivity index (χ0n) is 20.7. The van der Waals surface area contributed by atoms with Gasteiger partial charge in [0.15, 0.2) is 11.6 Å². The number of aromatic nitrogens is 3. The van der Waals surface area contributed by atoms with Gasteiger partial charge in [0.2, 0.25) is 0 Å². The Kier molecular flexibility index (Phi) is 6.40. The quantitative estimate of drug-likeness (QED) is 0.258. The number of thiazole rings is 1. The zero-order chi connectivity index (χ0) is 27.8. The van der Waals surface area contributed by atoms with Crippen LogP contribution >= 0.6 is 11.3 Å². The second kappa shape index (κ2) is 10.2. The van der Waals surface area contributed by atoms with E-state index in [-0.39, 0.29) is 17.0 Å². The van der Waals surface area contributed by atoms with Crippen LogP contribution in [0.25, 0.3) is 26.9 Å². The highest BCUT2D eigenvalue weighted by atomic mass is 32.1. The summed E-state index contributed by atoms with van der Waals surface area (Å²) in [5, 5.41) is 3.22. The molecule has 0 spiro atoms. The second-order valence-electron chi connectivity index (χ2n) is 8.61. The van der Waals surface area contributed by atoms with Crippen LogP contribution in [0, 0.1) is 11.6 Å². The molecule has 0 aliphatic carbocycles. The van der Waals surface area contributed by atoms with E-state index in [1.807, 2.05) is 0 Å². The summed E-state index contributed by atoms with van der Waals surface area (Å²) in [7, 11) is 1.55. The van der Waals surface area contributed by atoms with Crippen molar-refractivity contribution in [1.82, 2.24) is 14.5 Å². The van der Waals surface area contributed by atoms with Crippen molar-refractivity contribution in [3.63, 3.8) is 0 Å². The number of hydrogen-bond acceptors (Lipinski definition) is 7. The van der Waals surface area contributed by atoms with Crippen LogP contribution in [-0.4, -0.2) is 27.6 Å². The Hall–Kier alpha value is -5.16. The minimum Gasteiger partial charge on any atom is -0.497 e. The Morgan fingerprint density at radius 3 is 2.52 bits per heavy atom. The molecule has 6 aromatic rings. The van der Waals surface area contributed by atoms with Crippen LogP contribution in [-0.2, 0) is 0 Å². The smallest absolute Gasteiger partial charge is 0.269 e. The third-order valence-corrected chi connectivity index (χ3v) is 6.97. The van der Waals surface area contributed by atoms with Crippen LogP contribution in [0.15, 0.2) is 89.3 Å². The van der Waals surface area contributed by atoms with Gasteiger partial charge in [0.1, 0.15) is 27.7 Å². The lowest BCUT2D eigenvalue weighted by atomic mass is 10.2. The van der Waals surface area contributed by atoms with Crippen LogP contribution in [0.3, 0.4) is 0 Å². The molecular formula is C29H18F2N4O4S. The van der Waals surface area contributed by atoms with E-state index >= 15 is 4.39 Å². The summed E-state index contributed by atoms with van der Waals surface area (Å²) in [4.78, 5) is 35.5. The number of rotatable bonds is 6. The van der Waals surface area contributed by atoms with E-state index in [9.17, 15) is 14.0 Å². The number of methoxy groups -OCH3 is 1. The Balaban J connectivity index is 1.28. The lowest BCUT2D eigenvalue weighted by Crippen LogP contribution is -2.28. The number of pyridine rings is 2. The lowest BCUT2D eigenvalue weighted by molar-refractivity contribution is 0.102. The molecule has 11 heteroatoms. The summed E-state index contributed by atoms with van der Waals surface area (Å²) in [6.45, 7) is 0. The van der Waals surface area contributed by atoms with Crippen molar-refractivity contribution in [2.24, 2.45) is 0 Å². The number of ether oxygens (including phenoxy) is 2. The topological polar surface area (TPSA) is 95.3 Å². The van der Waals surface area contributed by atoms with Crippen LogP contribution in [0.4, 0.5) is 14.5 Å². The predicted molar refractivity (Wildman–Crippen MR) is 148 cm³/mol. The first-order valence-electron chi connectivity index (χ1n) is 11.9. The molecule has 0 saturated heterocycles. The van der Waals surface area contributed by atoms with Gasteiger partial charge in [-0.3, -0.25) is 19.1 Å². The van der Waals surface area contributed by atoms with Crippen molar-refractivity contribution >= 4 is 44.2 Å². The van der Waals surface area contributed by atoms with E-state index < -0.39 is 23.1 Å². The summed E-state index contributed by atoms with van der Waals surface area (Å²) in [6.07, 6.45) is 1.54. The molecule has 8 nitrogen and oxygen atoms in total. The van der Waals surface area contributed by atoms with Crippen molar-refractivity contribution in [2.75, 3.05) is 12.4 Å². The molecule has 3 aromatic carbocycles. The molecule has 0 fully saturated rings. The van der Waals surface area contributed by atoms with Gasteiger partial charge in [-0.05, 0) is 60.7 Å². The Morgan fingerprint density at radius 1 is 0.925 bits per heavy atom. The first-order chi connectivity index (χ1) is 19.4. The fourth-order valence-electron chi connectivity index (χ4n) is 4.21. The number of hydrogen-bond donors (Lipinski definition) is 1. The van der Waals surface area contributed by atoms with Gasteiger partial charge in [-0.25, -0.2) is 13.8 Å². The average Bonchev–Trinajstić information content (AvgIpc) is 3.43. The van der Waals surface area contributed by atoms with E-state index in [1.165, 1.54) is 58.4 Å². The number of carbonyl (C=O) groups is 1. The van der Waals surface area contributed by atoms with Gasteiger partial charge < -0.3 is 14.8 Å². The molecule has 0 atom stereocenters. The van der Waals surface area contributed by atoms with Gasteiger partial charge in [0.25, 0.3) is 11.5 Å². The summed E-state index contributed by atoms with van der Waals surface area (Å²) in [5.41, 5.74) is 2.24. The van der Waals surface area contributed by atoms with Crippen molar-refractivity contribution < 1.29 is 23.0 Å². The van der Waals surface area contributed by atoms with E-state index in [0.29, 0.717) is 38.4 Å². The number of anilines is 1. The number of carbonyl (C=O) groups excluding carboxylic acids is 1. The SMILES string of the molecule is COc1ccc2c(Oc3ccc(NC(=O)c4cc5ncsc5n(-c5ccc(F)cc5)c4=O)cc3F)ccnc2c1. The molecule has 3 aromatic heterocycles. The molecule has 1 N–H and O–H groups in total. The molecule has 0 unspecified atom stereocenters. The maximum Gasteiger partial charge on any atom is 0.269 e. The number of fused-ring (bicyclic) bond motifs is 2. The molecule has 0 aliphatic rings. The number of nitrogens with zero attached hydrogens (tertiary/aromatic N) is 3. The van der Waals surface area contributed by atoms with Gasteiger partial charge >= 0.3 is 0 Å².